The first-order chi connectivity index (χ1) is 15.4. The number of hydrogen-bond acceptors (Lipinski definition) is 4. The molecule has 1 saturated heterocycles. The van der Waals surface area contributed by atoms with Crippen LogP contribution in [0.15, 0.2) is 54.2 Å². The van der Waals surface area contributed by atoms with Gasteiger partial charge in [-0.05, 0) is 66.6 Å². The first-order valence-corrected chi connectivity index (χ1v) is 11.3. The Labute approximate surface area is 188 Å². The lowest BCUT2D eigenvalue weighted by Crippen LogP contribution is -2.42. The first kappa shape index (κ1) is 22.1. The Kier molecular flexibility index (Phi) is 6.31. The number of benzene rings is 2. The van der Waals surface area contributed by atoms with Crippen LogP contribution in [0.2, 0.25) is 0 Å². The number of anilines is 1. The van der Waals surface area contributed by atoms with Crippen molar-refractivity contribution >= 4 is 23.1 Å². The van der Waals surface area contributed by atoms with Crippen LogP contribution in [-0.2, 0) is 9.59 Å². The van der Waals surface area contributed by atoms with Crippen molar-refractivity contribution in [2.45, 2.75) is 33.6 Å². The second kappa shape index (κ2) is 9.15. The molecule has 0 N–H and O–H groups in total. The number of likely N-dealkylation sites (tertiary alicyclic amines) is 1. The zero-order valence-corrected chi connectivity index (χ0v) is 18.8. The molecule has 2 aliphatic rings. The number of carbonyl (C=O) groups excluding carboxylic acids is 2. The van der Waals surface area contributed by atoms with E-state index in [9.17, 15) is 14.0 Å². The lowest BCUT2D eigenvalue weighted by Gasteiger charge is -2.37. The fourth-order valence-electron chi connectivity index (χ4n) is 4.68. The molecule has 32 heavy (non-hydrogen) atoms. The second-order valence-corrected chi connectivity index (χ2v) is 8.87. The van der Waals surface area contributed by atoms with Gasteiger partial charge in [-0.2, -0.15) is 0 Å². The van der Waals surface area contributed by atoms with Crippen LogP contribution in [-0.4, -0.2) is 36.4 Å². The largest absolute Gasteiger partial charge is 0.494 e. The van der Waals surface area contributed by atoms with Crippen LogP contribution in [0.5, 0.6) is 5.75 Å². The van der Waals surface area contributed by atoms with Crippen molar-refractivity contribution < 1.29 is 18.7 Å². The summed E-state index contributed by atoms with van der Waals surface area (Å²) < 4.78 is 19.1. The van der Waals surface area contributed by atoms with Crippen molar-refractivity contribution in [2.24, 2.45) is 11.8 Å². The van der Waals surface area contributed by atoms with E-state index in [1.165, 1.54) is 24.3 Å². The summed E-state index contributed by atoms with van der Waals surface area (Å²) >= 11 is 0. The minimum atomic E-state index is -0.414. The number of hydrogen-bond donors (Lipinski definition) is 0. The summed E-state index contributed by atoms with van der Waals surface area (Å²) in [4.78, 5) is 30.4. The number of piperidine rings is 1. The number of halogens is 1. The lowest BCUT2D eigenvalue weighted by molar-refractivity contribution is -0.120. The van der Waals surface area contributed by atoms with Crippen molar-refractivity contribution in [3.8, 4) is 5.75 Å². The predicted molar refractivity (Wildman–Crippen MR) is 123 cm³/mol. The highest BCUT2D eigenvalue weighted by molar-refractivity contribution is 6.45. The molecule has 2 aromatic carbocycles. The Morgan fingerprint density at radius 3 is 2.16 bits per heavy atom. The van der Waals surface area contributed by atoms with Gasteiger partial charge in [0, 0.05) is 13.1 Å². The highest BCUT2D eigenvalue weighted by atomic mass is 19.1. The van der Waals surface area contributed by atoms with Gasteiger partial charge >= 0.3 is 0 Å². The number of amides is 2. The molecule has 4 rings (SSSR count). The maximum absolute atomic E-state index is 13.6. The summed E-state index contributed by atoms with van der Waals surface area (Å²) in [5.74, 6) is 0.404. The van der Waals surface area contributed by atoms with Gasteiger partial charge in [-0.15, -0.1) is 0 Å². The molecule has 168 valence electrons. The normalized spacial score (nSPS) is 21.5. The molecule has 2 heterocycles. The fraction of sp³-hybridized carbons (Fsp3) is 0.385. The van der Waals surface area contributed by atoms with Crippen molar-refractivity contribution in [1.82, 2.24) is 4.90 Å². The zero-order chi connectivity index (χ0) is 22.8. The van der Waals surface area contributed by atoms with Crippen molar-refractivity contribution in [3.05, 3.63) is 65.6 Å². The van der Waals surface area contributed by atoms with Crippen LogP contribution in [0.3, 0.4) is 0 Å². The molecule has 0 radical (unpaired) electrons. The molecule has 1 fully saturated rings. The third-order valence-corrected chi connectivity index (χ3v) is 5.95. The van der Waals surface area contributed by atoms with Crippen LogP contribution < -0.4 is 9.64 Å². The predicted octanol–water partition coefficient (Wildman–Crippen LogP) is 4.88. The van der Waals surface area contributed by atoms with E-state index in [-0.39, 0.29) is 11.8 Å². The molecule has 5 nitrogen and oxygen atoms in total. The molecule has 2 atom stereocenters. The van der Waals surface area contributed by atoms with Gasteiger partial charge in [-0.3, -0.25) is 9.59 Å². The van der Waals surface area contributed by atoms with Crippen molar-refractivity contribution in [2.75, 3.05) is 24.6 Å². The smallest absolute Gasteiger partial charge is 0.282 e. The van der Waals surface area contributed by atoms with E-state index in [1.807, 2.05) is 31.2 Å². The van der Waals surface area contributed by atoms with Crippen molar-refractivity contribution in [3.63, 3.8) is 0 Å². The average Bonchev–Trinajstić information content (AvgIpc) is 3.03. The highest BCUT2D eigenvalue weighted by Gasteiger charge is 2.43. The van der Waals surface area contributed by atoms with E-state index in [0.29, 0.717) is 41.0 Å². The van der Waals surface area contributed by atoms with Gasteiger partial charge in [0.2, 0.25) is 0 Å². The Bertz CT molecular complexity index is 1020. The van der Waals surface area contributed by atoms with E-state index >= 15 is 0 Å². The Balaban J connectivity index is 1.76. The third kappa shape index (κ3) is 4.27. The molecular formula is C26H29FN2O3. The molecule has 0 bridgehead atoms. The van der Waals surface area contributed by atoms with E-state index < -0.39 is 5.82 Å². The second-order valence-electron chi connectivity index (χ2n) is 8.87. The monoisotopic (exact) mass is 436 g/mol. The molecule has 2 aliphatic heterocycles. The third-order valence-electron chi connectivity index (χ3n) is 5.95. The number of nitrogens with zero attached hydrogens (tertiary/aromatic N) is 2. The van der Waals surface area contributed by atoms with Crippen LogP contribution in [0.1, 0.15) is 39.2 Å². The van der Waals surface area contributed by atoms with Gasteiger partial charge in [0.05, 0.1) is 17.9 Å². The minimum Gasteiger partial charge on any atom is -0.494 e. The quantitative estimate of drug-likeness (QED) is 0.606. The van der Waals surface area contributed by atoms with Crippen LogP contribution in [0.25, 0.3) is 5.57 Å². The number of ether oxygens (including phenoxy) is 1. The molecule has 0 aliphatic carbocycles. The molecule has 2 unspecified atom stereocenters. The summed E-state index contributed by atoms with van der Waals surface area (Å²) in [6.45, 7) is 8.43. The molecule has 2 amide bonds. The molecule has 6 heteroatoms. The van der Waals surface area contributed by atoms with Gasteiger partial charge in [0.1, 0.15) is 17.3 Å². The van der Waals surface area contributed by atoms with Gasteiger partial charge < -0.3 is 9.64 Å². The number of carbonyl (C=O) groups is 2. The van der Waals surface area contributed by atoms with Gasteiger partial charge in [-0.25, -0.2) is 9.29 Å². The SMILES string of the molecule is CCCOc1ccc(C2=C(N3CC(C)CC(C)C3)C(=O)N(c3ccc(F)cc3)C2=O)cc1. The van der Waals surface area contributed by atoms with Gasteiger partial charge in [0.25, 0.3) is 11.8 Å². The maximum Gasteiger partial charge on any atom is 0.282 e. The summed E-state index contributed by atoms with van der Waals surface area (Å²) in [6.07, 6.45) is 1.99. The lowest BCUT2D eigenvalue weighted by atomic mass is 9.91. The summed E-state index contributed by atoms with van der Waals surface area (Å²) in [5.41, 5.74) is 1.87. The minimum absolute atomic E-state index is 0.357. The average molecular weight is 437 g/mol. The first-order valence-electron chi connectivity index (χ1n) is 11.3. The Morgan fingerprint density at radius 1 is 0.938 bits per heavy atom. The zero-order valence-electron chi connectivity index (χ0n) is 18.8. The summed E-state index contributed by atoms with van der Waals surface area (Å²) in [5, 5.41) is 0. The molecular weight excluding hydrogens is 407 g/mol. The van der Waals surface area contributed by atoms with Crippen LogP contribution in [0.4, 0.5) is 10.1 Å². The summed E-state index contributed by atoms with van der Waals surface area (Å²) in [6, 6.07) is 12.8. The Hall–Kier alpha value is -3.15. The standard InChI is InChI=1S/C26H29FN2O3/c1-4-13-32-22-11-5-19(6-12-22)23-24(28-15-17(2)14-18(3)16-28)26(31)29(25(23)30)21-9-7-20(27)8-10-21/h5-12,17-18H,4,13-16H2,1-3H3. The molecule has 0 spiro atoms. The Morgan fingerprint density at radius 2 is 1.56 bits per heavy atom. The van der Waals surface area contributed by atoms with E-state index in [0.717, 1.165) is 36.6 Å². The number of imide groups is 1. The maximum atomic E-state index is 13.6. The molecule has 2 aromatic rings. The van der Waals surface area contributed by atoms with E-state index in [2.05, 4.69) is 18.7 Å². The highest BCUT2D eigenvalue weighted by Crippen LogP contribution is 2.37. The van der Waals surface area contributed by atoms with Gasteiger partial charge in [-0.1, -0.05) is 32.9 Å². The summed E-state index contributed by atoms with van der Waals surface area (Å²) in [7, 11) is 0. The van der Waals surface area contributed by atoms with E-state index in [1.54, 1.807) is 0 Å². The van der Waals surface area contributed by atoms with Gasteiger partial charge in [0.15, 0.2) is 0 Å². The van der Waals surface area contributed by atoms with Crippen LogP contribution in [0, 0.1) is 17.7 Å². The van der Waals surface area contributed by atoms with Crippen molar-refractivity contribution in [1.29, 1.82) is 0 Å². The van der Waals surface area contributed by atoms with Crippen LogP contribution >= 0.6 is 0 Å². The van der Waals surface area contributed by atoms with E-state index in [4.69, 9.17) is 4.74 Å². The molecule has 0 saturated carbocycles. The topological polar surface area (TPSA) is 49.9 Å². The fourth-order valence-corrected chi connectivity index (χ4v) is 4.68. The molecule has 0 aromatic heterocycles. The number of rotatable bonds is 6.